The maximum absolute atomic E-state index is 11.7. The predicted octanol–water partition coefficient (Wildman–Crippen LogP) is 1.31. The third kappa shape index (κ3) is 4.62. The molecule has 0 saturated carbocycles. The number of hydrogen-bond acceptors (Lipinski definition) is 4. The van der Waals surface area contributed by atoms with E-state index in [0.29, 0.717) is 12.3 Å². The first-order valence-corrected chi connectivity index (χ1v) is 6.17. The Morgan fingerprint density at radius 1 is 1.32 bits per heavy atom. The Labute approximate surface area is 112 Å². The minimum Gasteiger partial charge on any atom is -0.496 e. The number of esters is 1. The van der Waals surface area contributed by atoms with Crippen molar-refractivity contribution in [2.45, 2.75) is 26.4 Å². The lowest BCUT2D eigenvalue weighted by molar-refractivity contribution is -0.154. The van der Waals surface area contributed by atoms with Crippen LogP contribution in [-0.4, -0.2) is 31.6 Å². The highest BCUT2D eigenvalue weighted by molar-refractivity contribution is 5.84. The van der Waals surface area contributed by atoms with Gasteiger partial charge < -0.3 is 14.8 Å². The minimum absolute atomic E-state index is 0.0771. The van der Waals surface area contributed by atoms with Gasteiger partial charge in [-0.15, -0.1) is 0 Å². The number of carbonyl (C=O) groups is 2. The summed E-state index contributed by atoms with van der Waals surface area (Å²) in [4.78, 5) is 23.2. The molecule has 1 aromatic carbocycles. The van der Waals surface area contributed by atoms with Gasteiger partial charge in [0.05, 0.1) is 13.5 Å². The van der Waals surface area contributed by atoms with E-state index in [4.69, 9.17) is 9.47 Å². The summed E-state index contributed by atoms with van der Waals surface area (Å²) in [6.07, 6.45) is -0.713. The molecule has 5 heteroatoms. The van der Waals surface area contributed by atoms with Gasteiger partial charge in [-0.2, -0.15) is 0 Å². The Balaban J connectivity index is 2.58. The average Bonchev–Trinajstić information content (AvgIpc) is 2.39. The second kappa shape index (κ2) is 7.41. The molecule has 1 N–H and O–H groups in total. The van der Waals surface area contributed by atoms with Crippen molar-refractivity contribution in [3.05, 3.63) is 29.8 Å². The van der Waals surface area contributed by atoms with Crippen LogP contribution in [0.25, 0.3) is 0 Å². The SMILES string of the molecule is CCNC(=O)[C@H](C)OC(=O)Cc1ccccc1OC. The molecule has 0 saturated heterocycles. The molecule has 5 nitrogen and oxygen atoms in total. The van der Waals surface area contributed by atoms with E-state index in [-0.39, 0.29) is 12.3 Å². The quantitative estimate of drug-likeness (QED) is 0.788. The molecule has 0 bridgehead atoms. The van der Waals surface area contributed by atoms with Crippen LogP contribution in [0.2, 0.25) is 0 Å². The number of carbonyl (C=O) groups excluding carboxylic acids is 2. The summed E-state index contributed by atoms with van der Waals surface area (Å²) in [6, 6.07) is 7.20. The largest absolute Gasteiger partial charge is 0.496 e. The molecule has 104 valence electrons. The maximum atomic E-state index is 11.7. The molecule has 0 fully saturated rings. The highest BCUT2D eigenvalue weighted by atomic mass is 16.5. The van der Waals surface area contributed by atoms with Crippen molar-refractivity contribution in [3.8, 4) is 5.75 Å². The standard InChI is InChI=1S/C14H19NO4/c1-4-15-14(17)10(2)19-13(16)9-11-7-5-6-8-12(11)18-3/h5-8,10H,4,9H2,1-3H3,(H,15,17)/t10-/m0/s1. The average molecular weight is 265 g/mol. The van der Waals surface area contributed by atoms with E-state index in [9.17, 15) is 9.59 Å². The normalized spacial score (nSPS) is 11.5. The highest BCUT2D eigenvalue weighted by Crippen LogP contribution is 2.18. The van der Waals surface area contributed by atoms with E-state index in [1.807, 2.05) is 12.1 Å². The summed E-state index contributed by atoms with van der Waals surface area (Å²) >= 11 is 0. The maximum Gasteiger partial charge on any atom is 0.311 e. The molecular weight excluding hydrogens is 246 g/mol. The first-order valence-electron chi connectivity index (χ1n) is 6.17. The van der Waals surface area contributed by atoms with Crippen LogP contribution in [0.4, 0.5) is 0 Å². The van der Waals surface area contributed by atoms with Gasteiger partial charge in [-0.3, -0.25) is 9.59 Å². The lowest BCUT2D eigenvalue weighted by atomic mass is 10.1. The molecule has 0 unspecified atom stereocenters. The van der Waals surface area contributed by atoms with Crippen molar-refractivity contribution in [3.63, 3.8) is 0 Å². The zero-order valence-corrected chi connectivity index (χ0v) is 11.4. The Morgan fingerprint density at radius 3 is 2.63 bits per heavy atom. The van der Waals surface area contributed by atoms with Crippen molar-refractivity contribution < 1.29 is 19.1 Å². The first kappa shape index (κ1) is 15.0. The molecule has 19 heavy (non-hydrogen) atoms. The van der Waals surface area contributed by atoms with Crippen LogP contribution < -0.4 is 10.1 Å². The molecule has 0 spiro atoms. The van der Waals surface area contributed by atoms with Crippen LogP contribution >= 0.6 is 0 Å². The first-order chi connectivity index (χ1) is 9.08. The fourth-order valence-corrected chi connectivity index (χ4v) is 1.61. The van der Waals surface area contributed by atoms with Crippen LogP contribution in [0.15, 0.2) is 24.3 Å². The summed E-state index contributed by atoms with van der Waals surface area (Å²) in [6.45, 7) is 3.86. The zero-order valence-electron chi connectivity index (χ0n) is 11.4. The van der Waals surface area contributed by atoms with Gasteiger partial charge in [0, 0.05) is 12.1 Å². The molecule has 0 aliphatic heterocycles. The third-order valence-electron chi connectivity index (χ3n) is 2.56. The number of ether oxygens (including phenoxy) is 2. The number of likely N-dealkylation sites (N-methyl/N-ethyl adjacent to an activating group) is 1. The van der Waals surface area contributed by atoms with Gasteiger partial charge in [0.2, 0.25) is 0 Å². The van der Waals surface area contributed by atoms with Crippen LogP contribution in [0.3, 0.4) is 0 Å². The van der Waals surface area contributed by atoms with Gasteiger partial charge >= 0.3 is 5.97 Å². The molecule has 0 aliphatic carbocycles. The lowest BCUT2D eigenvalue weighted by Gasteiger charge is -2.13. The lowest BCUT2D eigenvalue weighted by Crippen LogP contribution is -2.35. The number of amides is 1. The van der Waals surface area contributed by atoms with Crippen LogP contribution in [0, 0.1) is 0 Å². The van der Waals surface area contributed by atoms with Crippen LogP contribution in [0.5, 0.6) is 5.75 Å². The predicted molar refractivity (Wildman–Crippen MR) is 70.9 cm³/mol. The smallest absolute Gasteiger partial charge is 0.311 e. The fourth-order valence-electron chi connectivity index (χ4n) is 1.61. The summed E-state index contributed by atoms with van der Waals surface area (Å²) in [5, 5.41) is 2.60. The van der Waals surface area contributed by atoms with Crippen molar-refractivity contribution in [2.75, 3.05) is 13.7 Å². The number of rotatable bonds is 6. The fraction of sp³-hybridized carbons (Fsp3) is 0.429. The molecule has 1 amide bonds. The Hall–Kier alpha value is -2.04. The van der Waals surface area contributed by atoms with Crippen molar-refractivity contribution in [1.29, 1.82) is 0 Å². The minimum atomic E-state index is -0.790. The summed E-state index contributed by atoms with van der Waals surface area (Å²) < 4.78 is 10.2. The van der Waals surface area contributed by atoms with E-state index in [2.05, 4.69) is 5.32 Å². The van der Waals surface area contributed by atoms with Gasteiger partial charge in [-0.25, -0.2) is 0 Å². The Bertz CT molecular complexity index is 445. The molecule has 0 aliphatic rings. The molecule has 0 radical (unpaired) electrons. The van der Waals surface area contributed by atoms with Crippen molar-refractivity contribution in [1.82, 2.24) is 5.32 Å². The van der Waals surface area contributed by atoms with Crippen LogP contribution in [-0.2, 0) is 20.7 Å². The number of para-hydroxylation sites is 1. The number of hydrogen-bond donors (Lipinski definition) is 1. The van der Waals surface area contributed by atoms with E-state index in [0.717, 1.165) is 5.56 Å². The summed E-state index contributed by atoms with van der Waals surface area (Å²) in [7, 11) is 1.54. The monoisotopic (exact) mass is 265 g/mol. The van der Waals surface area contributed by atoms with E-state index < -0.39 is 12.1 Å². The molecule has 0 aromatic heterocycles. The van der Waals surface area contributed by atoms with Gasteiger partial charge in [-0.05, 0) is 19.9 Å². The van der Waals surface area contributed by atoms with E-state index in [1.54, 1.807) is 33.1 Å². The van der Waals surface area contributed by atoms with Gasteiger partial charge in [0.25, 0.3) is 5.91 Å². The second-order valence-corrected chi connectivity index (χ2v) is 4.02. The number of methoxy groups -OCH3 is 1. The van der Waals surface area contributed by atoms with Crippen LogP contribution in [0.1, 0.15) is 19.4 Å². The van der Waals surface area contributed by atoms with E-state index in [1.165, 1.54) is 0 Å². The number of nitrogens with one attached hydrogen (secondary N) is 1. The van der Waals surface area contributed by atoms with Gasteiger partial charge in [0.15, 0.2) is 6.10 Å². The van der Waals surface area contributed by atoms with E-state index >= 15 is 0 Å². The van der Waals surface area contributed by atoms with Gasteiger partial charge in [-0.1, -0.05) is 18.2 Å². The second-order valence-electron chi connectivity index (χ2n) is 4.02. The van der Waals surface area contributed by atoms with Crippen molar-refractivity contribution in [2.24, 2.45) is 0 Å². The number of benzene rings is 1. The zero-order chi connectivity index (χ0) is 14.3. The molecule has 1 rings (SSSR count). The molecule has 0 heterocycles. The summed E-state index contributed by atoms with van der Waals surface area (Å²) in [5.74, 6) is -0.121. The highest BCUT2D eigenvalue weighted by Gasteiger charge is 2.18. The topological polar surface area (TPSA) is 64.6 Å². The Morgan fingerprint density at radius 2 is 2.00 bits per heavy atom. The molecule has 1 atom stereocenters. The Kier molecular flexibility index (Phi) is 5.85. The molecule has 1 aromatic rings. The van der Waals surface area contributed by atoms with Gasteiger partial charge in [0.1, 0.15) is 5.75 Å². The summed E-state index contributed by atoms with van der Waals surface area (Å²) in [5.41, 5.74) is 0.734. The molecular formula is C14H19NO4. The van der Waals surface area contributed by atoms with Crippen molar-refractivity contribution >= 4 is 11.9 Å². The third-order valence-corrected chi connectivity index (χ3v) is 2.56.